The minimum Gasteiger partial charge on any atom is -0.396 e. The Balaban J connectivity index is 1.73. The van der Waals surface area contributed by atoms with Gasteiger partial charge in [-0.2, -0.15) is 0 Å². The second-order valence-electron chi connectivity index (χ2n) is 7.16. The van der Waals surface area contributed by atoms with E-state index in [2.05, 4.69) is 22.4 Å². The van der Waals surface area contributed by atoms with Crippen molar-refractivity contribution in [3.8, 4) is 0 Å². The van der Waals surface area contributed by atoms with E-state index < -0.39 is 0 Å². The Kier molecular flexibility index (Phi) is 5.01. The highest BCUT2D eigenvalue weighted by atomic mass is 32.1. The molecule has 1 saturated carbocycles. The number of carbonyl (C=O) groups is 1. The van der Waals surface area contributed by atoms with Crippen LogP contribution in [0.25, 0.3) is 0 Å². The zero-order valence-corrected chi connectivity index (χ0v) is 15.0. The molecule has 3 rings (SSSR count). The molecular formula is C19H24N2O2S. The van der Waals surface area contributed by atoms with Gasteiger partial charge in [-0.05, 0) is 23.8 Å². The largest absolute Gasteiger partial charge is 0.396 e. The number of rotatable bonds is 7. The molecule has 2 N–H and O–H groups in total. The Morgan fingerprint density at radius 3 is 2.71 bits per heavy atom. The number of aliphatic hydroxyl groups excluding tert-OH is 1. The summed E-state index contributed by atoms with van der Waals surface area (Å²) < 4.78 is 0. The van der Waals surface area contributed by atoms with E-state index >= 15 is 0 Å². The fraction of sp³-hybridized carbons (Fsp3) is 0.474. The molecule has 1 aromatic carbocycles. The first-order valence-electron chi connectivity index (χ1n) is 8.40. The summed E-state index contributed by atoms with van der Waals surface area (Å²) in [6.07, 6.45) is 2.27. The quantitative estimate of drug-likeness (QED) is 0.807. The number of nitrogens with zero attached hydrogens (tertiary/aromatic N) is 1. The van der Waals surface area contributed by atoms with Gasteiger partial charge in [0, 0.05) is 25.0 Å². The lowest BCUT2D eigenvalue weighted by molar-refractivity contribution is 0.0923. The topological polar surface area (TPSA) is 62.2 Å². The second-order valence-corrected chi connectivity index (χ2v) is 8.02. The predicted molar refractivity (Wildman–Crippen MR) is 96.5 cm³/mol. The molecule has 24 heavy (non-hydrogen) atoms. The first-order valence-corrected chi connectivity index (χ1v) is 9.28. The molecule has 1 heterocycles. The first-order chi connectivity index (χ1) is 11.5. The van der Waals surface area contributed by atoms with Crippen molar-refractivity contribution in [2.24, 2.45) is 5.41 Å². The zero-order chi connectivity index (χ0) is 17.2. The van der Waals surface area contributed by atoms with E-state index in [1.54, 1.807) is 5.51 Å². The molecule has 0 aliphatic heterocycles. The van der Waals surface area contributed by atoms with Gasteiger partial charge in [0.1, 0.15) is 4.88 Å². The van der Waals surface area contributed by atoms with Gasteiger partial charge in [0.25, 0.3) is 5.91 Å². The van der Waals surface area contributed by atoms with Crippen LogP contribution in [-0.2, 0) is 0 Å². The lowest BCUT2D eigenvalue weighted by Crippen LogP contribution is -2.37. The lowest BCUT2D eigenvalue weighted by Gasteiger charge is -2.33. The van der Waals surface area contributed by atoms with Crippen molar-refractivity contribution < 1.29 is 9.90 Å². The molecule has 1 unspecified atom stereocenters. The summed E-state index contributed by atoms with van der Waals surface area (Å²) in [6.45, 7) is 4.62. The summed E-state index contributed by atoms with van der Waals surface area (Å²) in [7, 11) is 0. The van der Waals surface area contributed by atoms with Crippen molar-refractivity contribution >= 4 is 17.2 Å². The zero-order valence-electron chi connectivity index (χ0n) is 14.2. The minimum absolute atomic E-state index is 0.0462. The highest BCUT2D eigenvalue weighted by Gasteiger charge is 2.33. The van der Waals surface area contributed by atoms with Crippen molar-refractivity contribution in [3.63, 3.8) is 0 Å². The van der Waals surface area contributed by atoms with Crippen molar-refractivity contribution in [1.82, 2.24) is 10.3 Å². The second kappa shape index (κ2) is 7.03. The minimum atomic E-state index is -0.318. The Bertz CT molecular complexity index is 692. The van der Waals surface area contributed by atoms with E-state index in [4.69, 9.17) is 0 Å². The smallest absolute Gasteiger partial charge is 0.263 e. The van der Waals surface area contributed by atoms with E-state index in [9.17, 15) is 9.90 Å². The molecule has 5 heteroatoms. The van der Waals surface area contributed by atoms with Crippen LogP contribution in [0.1, 0.15) is 59.5 Å². The molecule has 1 fully saturated rings. The maximum atomic E-state index is 12.6. The number of benzene rings is 1. The van der Waals surface area contributed by atoms with E-state index in [1.807, 2.05) is 32.0 Å². The Labute approximate surface area is 146 Å². The molecule has 128 valence electrons. The van der Waals surface area contributed by atoms with Crippen LogP contribution in [0.4, 0.5) is 0 Å². The maximum absolute atomic E-state index is 12.6. The van der Waals surface area contributed by atoms with Crippen LogP contribution in [0.5, 0.6) is 0 Å². The number of thiazole rings is 1. The van der Waals surface area contributed by atoms with Gasteiger partial charge in [-0.1, -0.05) is 44.2 Å². The van der Waals surface area contributed by atoms with Crippen LogP contribution in [0.15, 0.2) is 35.8 Å². The molecule has 0 bridgehead atoms. The summed E-state index contributed by atoms with van der Waals surface area (Å²) in [4.78, 5) is 17.7. The van der Waals surface area contributed by atoms with Crippen molar-refractivity contribution in [2.75, 3.05) is 13.2 Å². The highest BCUT2D eigenvalue weighted by Crippen LogP contribution is 2.42. The normalized spacial score (nSPS) is 16.0. The SMILES string of the molecule is CC(C)(CO)C(CNC(=O)c1scnc1C1CC1)c1ccccc1. The number of carbonyl (C=O) groups excluding carboxylic acids is 1. The number of nitrogens with one attached hydrogen (secondary N) is 1. The summed E-state index contributed by atoms with van der Waals surface area (Å²) in [5, 5.41) is 12.8. The van der Waals surface area contributed by atoms with Gasteiger partial charge in [0.2, 0.25) is 0 Å². The number of aromatic nitrogens is 1. The van der Waals surface area contributed by atoms with Gasteiger partial charge in [-0.15, -0.1) is 11.3 Å². The van der Waals surface area contributed by atoms with Crippen LogP contribution >= 0.6 is 11.3 Å². The number of aliphatic hydroxyl groups is 1. The third-order valence-electron chi connectivity index (χ3n) is 4.78. The molecular weight excluding hydrogens is 320 g/mol. The van der Waals surface area contributed by atoms with E-state index in [-0.39, 0.29) is 23.8 Å². The van der Waals surface area contributed by atoms with Crippen molar-refractivity contribution in [3.05, 3.63) is 52.0 Å². The van der Waals surface area contributed by atoms with Gasteiger partial charge >= 0.3 is 0 Å². The van der Waals surface area contributed by atoms with Gasteiger partial charge in [-0.3, -0.25) is 4.79 Å². The highest BCUT2D eigenvalue weighted by molar-refractivity contribution is 7.11. The molecule has 1 aliphatic carbocycles. The number of amides is 1. The molecule has 4 nitrogen and oxygen atoms in total. The summed E-state index contributed by atoms with van der Waals surface area (Å²) in [5.41, 5.74) is 3.52. The first kappa shape index (κ1) is 17.1. The standard InChI is InChI=1S/C19H24N2O2S/c1-19(2,11-22)15(13-6-4-3-5-7-13)10-20-18(23)17-16(14-8-9-14)21-12-24-17/h3-7,12,14-15,22H,8-11H2,1-2H3,(H,20,23). The maximum Gasteiger partial charge on any atom is 0.263 e. The van der Waals surface area contributed by atoms with Crippen LogP contribution in [0.3, 0.4) is 0 Å². The van der Waals surface area contributed by atoms with Gasteiger partial charge in [0.05, 0.1) is 11.2 Å². The lowest BCUT2D eigenvalue weighted by atomic mass is 9.75. The van der Waals surface area contributed by atoms with Crippen molar-refractivity contribution in [1.29, 1.82) is 0 Å². The molecule has 1 amide bonds. The predicted octanol–water partition coefficient (Wildman–Crippen LogP) is 3.55. The molecule has 0 saturated heterocycles. The molecule has 0 spiro atoms. The Hall–Kier alpha value is -1.72. The molecule has 1 aliphatic rings. The molecule has 0 radical (unpaired) electrons. The van der Waals surface area contributed by atoms with Crippen LogP contribution < -0.4 is 5.32 Å². The molecule has 1 aromatic heterocycles. The van der Waals surface area contributed by atoms with E-state index in [1.165, 1.54) is 11.3 Å². The fourth-order valence-corrected chi connectivity index (χ4v) is 3.78. The fourth-order valence-electron chi connectivity index (χ4n) is 2.99. The van der Waals surface area contributed by atoms with Gasteiger partial charge in [0.15, 0.2) is 0 Å². The molecule has 2 aromatic rings. The average Bonchev–Trinajstić information content (AvgIpc) is 3.32. The van der Waals surface area contributed by atoms with Crippen LogP contribution in [0.2, 0.25) is 0 Å². The van der Waals surface area contributed by atoms with Crippen molar-refractivity contribution in [2.45, 2.75) is 38.5 Å². The average molecular weight is 344 g/mol. The number of hydrogen-bond donors (Lipinski definition) is 2. The molecule has 1 atom stereocenters. The summed E-state index contributed by atoms with van der Waals surface area (Å²) in [6, 6.07) is 10.1. The summed E-state index contributed by atoms with van der Waals surface area (Å²) in [5.74, 6) is 0.467. The number of hydrogen-bond acceptors (Lipinski definition) is 4. The Morgan fingerprint density at radius 2 is 2.08 bits per heavy atom. The van der Waals surface area contributed by atoms with Crippen LogP contribution in [-0.4, -0.2) is 29.1 Å². The van der Waals surface area contributed by atoms with Crippen LogP contribution in [0, 0.1) is 5.41 Å². The third-order valence-corrected chi connectivity index (χ3v) is 5.63. The van der Waals surface area contributed by atoms with Gasteiger partial charge in [-0.25, -0.2) is 4.98 Å². The van der Waals surface area contributed by atoms with E-state index in [0.29, 0.717) is 12.5 Å². The summed E-state index contributed by atoms with van der Waals surface area (Å²) >= 11 is 1.41. The third kappa shape index (κ3) is 3.68. The monoisotopic (exact) mass is 344 g/mol. The van der Waals surface area contributed by atoms with Gasteiger partial charge < -0.3 is 10.4 Å². The van der Waals surface area contributed by atoms with E-state index in [0.717, 1.165) is 29.0 Å². The Morgan fingerprint density at radius 1 is 1.38 bits per heavy atom.